The predicted octanol–water partition coefficient (Wildman–Crippen LogP) is 3.04. The van der Waals surface area contributed by atoms with Crippen LogP contribution in [0.15, 0.2) is 24.1 Å². The van der Waals surface area contributed by atoms with Crippen LogP contribution in [0.2, 0.25) is 0 Å². The third-order valence-corrected chi connectivity index (χ3v) is 2.79. The lowest BCUT2D eigenvalue weighted by Gasteiger charge is -2.06. The number of nitrogens with zero attached hydrogens (tertiary/aromatic N) is 1. The second kappa shape index (κ2) is 6.55. The van der Waals surface area contributed by atoms with E-state index in [2.05, 4.69) is 6.58 Å². The van der Waals surface area contributed by atoms with Gasteiger partial charge in [0.05, 0.1) is 4.92 Å². The highest BCUT2D eigenvalue weighted by Crippen LogP contribution is 2.27. The van der Waals surface area contributed by atoms with Gasteiger partial charge >= 0.3 is 5.00 Å². The number of thiophene rings is 1. The second-order valence-corrected chi connectivity index (χ2v) is 3.84. The van der Waals surface area contributed by atoms with E-state index < -0.39 is 4.92 Å². The van der Waals surface area contributed by atoms with Crippen molar-refractivity contribution >= 4 is 28.7 Å². The van der Waals surface area contributed by atoms with Gasteiger partial charge in [-0.2, -0.15) is 0 Å². The molecule has 0 spiro atoms. The molecule has 1 heterocycles. The highest BCUT2D eigenvalue weighted by molar-refractivity contribution is 7.13. The number of allylic oxidation sites excluding steroid dienone is 1. The molecule has 0 aromatic carbocycles. The maximum Gasteiger partial charge on any atom is 0.324 e. The quantitative estimate of drug-likeness (QED) is 0.495. The van der Waals surface area contributed by atoms with Crippen molar-refractivity contribution in [1.82, 2.24) is 0 Å². The summed E-state index contributed by atoms with van der Waals surface area (Å²) in [7, 11) is 0. The fourth-order valence-corrected chi connectivity index (χ4v) is 1.88. The summed E-state index contributed by atoms with van der Waals surface area (Å²) in [5.74, 6) is 0. The van der Waals surface area contributed by atoms with Crippen LogP contribution in [0.1, 0.15) is 24.4 Å². The van der Waals surface area contributed by atoms with Crippen molar-refractivity contribution in [2.45, 2.75) is 18.9 Å². The summed E-state index contributed by atoms with van der Waals surface area (Å²) >= 11 is 1.11. The average Bonchev–Trinajstić information content (AvgIpc) is 2.62. The molecule has 0 aliphatic heterocycles. The molecule has 15 heavy (non-hydrogen) atoms. The summed E-state index contributed by atoms with van der Waals surface area (Å²) in [5.41, 5.74) is 6.67. The summed E-state index contributed by atoms with van der Waals surface area (Å²) < 4.78 is 0. The zero-order chi connectivity index (χ0) is 10.6. The highest BCUT2D eigenvalue weighted by atomic mass is 35.5. The standard InChI is InChI=1S/C9H12N2O2S.ClH/c1-2-3-4-8(10)7-5-9(11(12)13)14-6-7;/h2,5-6,8H,1,3-4,10H2;1H/t8-;/m0./s1. The monoisotopic (exact) mass is 248 g/mol. The van der Waals surface area contributed by atoms with E-state index >= 15 is 0 Å². The van der Waals surface area contributed by atoms with Crippen molar-refractivity contribution in [2.75, 3.05) is 0 Å². The van der Waals surface area contributed by atoms with Gasteiger partial charge < -0.3 is 5.73 Å². The van der Waals surface area contributed by atoms with Crippen LogP contribution in [0, 0.1) is 10.1 Å². The Hall–Kier alpha value is -0.910. The van der Waals surface area contributed by atoms with Gasteiger partial charge in [0, 0.05) is 17.5 Å². The van der Waals surface area contributed by atoms with Gasteiger partial charge in [-0.15, -0.1) is 19.0 Å². The molecule has 1 rings (SSSR count). The third-order valence-electron chi connectivity index (χ3n) is 1.90. The average molecular weight is 249 g/mol. The van der Waals surface area contributed by atoms with Crippen LogP contribution < -0.4 is 5.73 Å². The molecule has 1 aromatic rings. The van der Waals surface area contributed by atoms with Gasteiger partial charge in [-0.05, 0) is 18.4 Å². The molecule has 84 valence electrons. The molecule has 0 amide bonds. The molecule has 0 bridgehead atoms. The van der Waals surface area contributed by atoms with E-state index in [4.69, 9.17) is 5.73 Å². The lowest BCUT2D eigenvalue weighted by atomic mass is 10.1. The number of hydrogen-bond donors (Lipinski definition) is 1. The van der Waals surface area contributed by atoms with Gasteiger partial charge in [-0.1, -0.05) is 17.4 Å². The maximum absolute atomic E-state index is 10.4. The zero-order valence-electron chi connectivity index (χ0n) is 8.09. The van der Waals surface area contributed by atoms with Crippen LogP contribution in [-0.2, 0) is 0 Å². The van der Waals surface area contributed by atoms with Crippen molar-refractivity contribution in [2.24, 2.45) is 5.73 Å². The van der Waals surface area contributed by atoms with Gasteiger partial charge in [0.15, 0.2) is 0 Å². The number of hydrogen-bond acceptors (Lipinski definition) is 4. The van der Waals surface area contributed by atoms with Gasteiger partial charge in [0.25, 0.3) is 0 Å². The Labute approximate surface area is 98.4 Å². The van der Waals surface area contributed by atoms with E-state index in [0.29, 0.717) is 0 Å². The molecule has 0 saturated carbocycles. The summed E-state index contributed by atoms with van der Waals surface area (Å²) in [5, 5.41) is 12.3. The van der Waals surface area contributed by atoms with Crippen molar-refractivity contribution in [1.29, 1.82) is 0 Å². The molecule has 1 aromatic heterocycles. The van der Waals surface area contributed by atoms with E-state index in [1.807, 2.05) is 0 Å². The summed E-state index contributed by atoms with van der Waals surface area (Å²) in [6, 6.07) is 1.41. The molecule has 0 aliphatic carbocycles. The highest BCUT2D eigenvalue weighted by Gasteiger charge is 2.13. The minimum Gasteiger partial charge on any atom is -0.324 e. The number of nitro groups is 1. The molecular weight excluding hydrogens is 236 g/mol. The Kier molecular flexibility index (Phi) is 6.15. The molecule has 0 unspecified atom stereocenters. The summed E-state index contributed by atoms with van der Waals surface area (Å²) in [6.45, 7) is 3.60. The Morgan fingerprint density at radius 2 is 2.40 bits per heavy atom. The minimum atomic E-state index is -0.394. The SMILES string of the molecule is C=CCC[C@H](N)c1csc([N+](=O)[O-])c1.Cl. The van der Waals surface area contributed by atoms with Gasteiger partial charge in [-0.25, -0.2) is 0 Å². The van der Waals surface area contributed by atoms with E-state index in [-0.39, 0.29) is 23.4 Å². The number of rotatable bonds is 5. The molecule has 0 aliphatic rings. The predicted molar refractivity (Wildman–Crippen MR) is 64.6 cm³/mol. The first-order valence-electron chi connectivity index (χ1n) is 4.24. The van der Waals surface area contributed by atoms with Crippen LogP contribution in [0.25, 0.3) is 0 Å². The largest absolute Gasteiger partial charge is 0.324 e. The molecule has 0 fully saturated rings. The van der Waals surface area contributed by atoms with E-state index in [1.54, 1.807) is 17.5 Å². The van der Waals surface area contributed by atoms with Crippen LogP contribution in [0.3, 0.4) is 0 Å². The molecule has 4 nitrogen and oxygen atoms in total. The lowest BCUT2D eigenvalue weighted by molar-refractivity contribution is -0.380. The van der Waals surface area contributed by atoms with E-state index in [9.17, 15) is 10.1 Å². The molecule has 0 saturated heterocycles. The third kappa shape index (κ3) is 3.99. The van der Waals surface area contributed by atoms with Crippen LogP contribution >= 0.6 is 23.7 Å². The summed E-state index contributed by atoms with van der Waals surface area (Å²) in [6.07, 6.45) is 3.39. The Morgan fingerprint density at radius 1 is 1.73 bits per heavy atom. The normalized spacial score (nSPS) is 11.5. The Morgan fingerprint density at radius 3 is 2.87 bits per heavy atom. The fourth-order valence-electron chi connectivity index (χ4n) is 1.09. The zero-order valence-corrected chi connectivity index (χ0v) is 9.72. The van der Waals surface area contributed by atoms with Gasteiger partial charge in [0.2, 0.25) is 0 Å². The fraction of sp³-hybridized carbons (Fsp3) is 0.333. The van der Waals surface area contributed by atoms with Crippen molar-refractivity contribution in [3.63, 3.8) is 0 Å². The van der Waals surface area contributed by atoms with Gasteiger partial charge in [-0.3, -0.25) is 10.1 Å². The van der Waals surface area contributed by atoms with Crippen LogP contribution in [-0.4, -0.2) is 4.92 Å². The maximum atomic E-state index is 10.4. The smallest absolute Gasteiger partial charge is 0.324 e. The van der Waals surface area contributed by atoms with E-state index in [0.717, 1.165) is 29.7 Å². The van der Waals surface area contributed by atoms with Gasteiger partial charge in [0.1, 0.15) is 0 Å². The van der Waals surface area contributed by atoms with Crippen LogP contribution in [0.4, 0.5) is 5.00 Å². The van der Waals surface area contributed by atoms with Crippen molar-refractivity contribution in [3.8, 4) is 0 Å². The topological polar surface area (TPSA) is 69.2 Å². The molecule has 1 atom stereocenters. The van der Waals surface area contributed by atoms with Crippen LogP contribution in [0.5, 0.6) is 0 Å². The first-order valence-corrected chi connectivity index (χ1v) is 5.12. The van der Waals surface area contributed by atoms with Crippen molar-refractivity contribution < 1.29 is 4.92 Å². The molecule has 6 heteroatoms. The lowest BCUT2D eigenvalue weighted by Crippen LogP contribution is -2.08. The first kappa shape index (κ1) is 14.1. The number of halogens is 1. The molecule has 0 radical (unpaired) electrons. The minimum absolute atomic E-state index is 0. The number of nitrogens with two attached hydrogens (primary N) is 1. The summed E-state index contributed by atoms with van der Waals surface area (Å²) in [4.78, 5) is 10.0. The second-order valence-electron chi connectivity index (χ2n) is 2.95. The van der Waals surface area contributed by atoms with Crippen molar-refractivity contribution in [3.05, 3.63) is 39.8 Å². The first-order chi connectivity index (χ1) is 6.65. The van der Waals surface area contributed by atoms with E-state index in [1.165, 1.54) is 0 Å². The Bertz CT molecular complexity index is 341. The molecule has 2 N–H and O–H groups in total. The Balaban J connectivity index is 0.00000196. The molecular formula is C9H13ClN2O2S.